The molecule has 0 saturated carbocycles. The van der Waals surface area contributed by atoms with Gasteiger partial charge in [0.25, 0.3) is 0 Å². The molecule has 17 heavy (non-hydrogen) atoms. The van der Waals surface area contributed by atoms with Crippen LogP contribution < -0.4 is 10.5 Å². The summed E-state index contributed by atoms with van der Waals surface area (Å²) in [7, 11) is 3.40. The molecule has 1 amide bonds. The zero-order valence-corrected chi connectivity index (χ0v) is 10.6. The van der Waals surface area contributed by atoms with Crippen molar-refractivity contribution in [2.24, 2.45) is 5.73 Å². The summed E-state index contributed by atoms with van der Waals surface area (Å²) in [6.07, 6.45) is 0.367. The normalized spacial score (nSPS) is 12.0. The van der Waals surface area contributed by atoms with Crippen LogP contribution in [0.3, 0.4) is 0 Å². The standard InChI is InChI=1S/C13H20N2O2/c1-10(14)8-13(16)15(2)9-11-6-4-5-7-12(11)17-3/h4-7,10H,8-9,14H2,1-3H3. The van der Waals surface area contributed by atoms with Gasteiger partial charge >= 0.3 is 0 Å². The Hall–Kier alpha value is -1.55. The topological polar surface area (TPSA) is 55.6 Å². The van der Waals surface area contributed by atoms with Crippen LogP contribution in [0.5, 0.6) is 5.75 Å². The van der Waals surface area contributed by atoms with E-state index in [1.54, 1.807) is 19.1 Å². The van der Waals surface area contributed by atoms with Gasteiger partial charge in [-0.15, -0.1) is 0 Å². The minimum absolute atomic E-state index is 0.0471. The van der Waals surface area contributed by atoms with Crippen LogP contribution in [-0.4, -0.2) is 31.0 Å². The van der Waals surface area contributed by atoms with Gasteiger partial charge in [0.1, 0.15) is 5.75 Å². The summed E-state index contributed by atoms with van der Waals surface area (Å²) in [5.74, 6) is 0.846. The van der Waals surface area contributed by atoms with E-state index in [9.17, 15) is 4.79 Å². The van der Waals surface area contributed by atoms with Crippen LogP contribution in [0.2, 0.25) is 0 Å². The highest BCUT2D eigenvalue weighted by molar-refractivity contribution is 5.76. The SMILES string of the molecule is COc1ccccc1CN(C)C(=O)CC(C)N. The third-order valence-electron chi connectivity index (χ3n) is 2.52. The van der Waals surface area contributed by atoms with Gasteiger partial charge in [0.2, 0.25) is 5.91 Å². The van der Waals surface area contributed by atoms with Gasteiger partial charge in [-0.25, -0.2) is 0 Å². The molecule has 0 aromatic heterocycles. The number of nitrogens with two attached hydrogens (primary N) is 1. The van der Waals surface area contributed by atoms with Crippen molar-refractivity contribution in [2.45, 2.75) is 25.9 Å². The lowest BCUT2D eigenvalue weighted by Crippen LogP contribution is -2.31. The van der Waals surface area contributed by atoms with Crippen LogP contribution >= 0.6 is 0 Å². The second-order valence-corrected chi connectivity index (χ2v) is 4.24. The maximum Gasteiger partial charge on any atom is 0.224 e. The number of methoxy groups -OCH3 is 1. The van der Waals surface area contributed by atoms with E-state index in [1.165, 1.54) is 0 Å². The van der Waals surface area contributed by atoms with Gasteiger partial charge in [-0.2, -0.15) is 0 Å². The van der Waals surface area contributed by atoms with E-state index in [1.807, 2.05) is 31.2 Å². The highest BCUT2D eigenvalue weighted by Crippen LogP contribution is 2.18. The number of nitrogens with zero attached hydrogens (tertiary/aromatic N) is 1. The summed E-state index contributed by atoms with van der Waals surface area (Å²) < 4.78 is 5.24. The van der Waals surface area contributed by atoms with Gasteiger partial charge in [-0.3, -0.25) is 4.79 Å². The van der Waals surface area contributed by atoms with Crippen molar-refractivity contribution < 1.29 is 9.53 Å². The summed E-state index contributed by atoms with van der Waals surface area (Å²) in [4.78, 5) is 13.4. The number of carbonyl (C=O) groups excluding carboxylic acids is 1. The molecule has 0 spiro atoms. The molecule has 1 unspecified atom stereocenters. The number of hydrogen-bond acceptors (Lipinski definition) is 3. The lowest BCUT2D eigenvalue weighted by molar-refractivity contribution is -0.130. The lowest BCUT2D eigenvalue weighted by Gasteiger charge is -2.19. The van der Waals surface area contributed by atoms with Gasteiger partial charge in [0, 0.05) is 31.6 Å². The first kappa shape index (κ1) is 13.5. The molecule has 1 aromatic rings. The molecule has 4 heteroatoms. The second kappa shape index (κ2) is 6.25. The van der Waals surface area contributed by atoms with Crippen molar-refractivity contribution in [3.63, 3.8) is 0 Å². The van der Waals surface area contributed by atoms with E-state index in [2.05, 4.69) is 0 Å². The van der Waals surface area contributed by atoms with E-state index >= 15 is 0 Å². The van der Waals surface area contributed by atoms with Crippen molar-refractivity contribution in [1.29, 1.82) is 0 Å². The second-order valence-electron chi connectivity index (χ2n) is 4.24. The molecular formula is C13H20N2O2. The third kappa shape index (κ3) is 4.07. The highest BCUT2D eigenvalue weighted by atomic mass is 16.5. The van der Waals surface area contributed by atoms with Crippen LogP contribution in [0.25, 0.3) is 0 Å². The van der Waals surface area contributed by atoms with Crippen molar-refractivity contribution >= 4 is 5.91 Å². The van der Waals surface area contributed by atoms with Crippen LogP contribution in [0.15, 0.2) is 24.3 Å². The van der Waals surface area contributed by atoms with Crippen molar-refractivity contribution in [1.82, 2.24) is 4.90 Å². The first-order chi connectivity index (χ1) is 8.04. The molecule has 94 valence electrons. The predicted molar refractivity (Wildman–Crippen MR) is 67.7 cm³/mol. The van der Waals surface area contributed by atoms with Gasteiger partial charge in [-0.05, 0) is 13.0 Å². The highest BCUT2D eigenvalue weighted by Gasteiger charge is 2.12. The van der Waals surface area contributed by atoms with E-state index in [0.717, 1.165) is 11.3 Å². The minimum Gasteiger partial charge on any atom is -0.496 e. The maximum absolute atomic E-state index is 11.8. The van der Waals surface area contributed by atoms with E-state index in [0.29, 0.717) is 13.0 Å². The van der Waals surface area contributed by atoms with Crippen LogP contribution in [0, 0.1) is 0 Å². The van der Waals surface area contributed by atoms with E-state index in [-0.39, 0.29) is 11.9 Å². The number of amides is 1. The van der Waals surface area contributed by atoms with Gasteiger partial charge in [-0.1, -0.05) is 18.2 Å². The first-order valence-corrected chi connectivity index (χ1v) is 5.66. The molecule has 0 aliphatic heterocycles. The molecule has 0 aliphatic carbocycles. The average molecular weight is 236 g/mol. The van der Waals surface area contributed by atoms with Crippen LogP contribution in [0.4, 0.5) is 0 Å². The first-order valence-electron chi connectivity index (χ1n) is 5.66. The molecule has 0 bridgehead atoms. The smallest absolute Gasteiger partial charge is 0.224 e. The Balaban J connectivity index is 2.67. The largest absolute Gasteiger partial charge is 0.496 e. The van der Waals surface area contributed by atoms with E-state index in [4.69, 9.17) is 10.5 Å². The maximum atomic E-state index is 11.8. The number of ether oxygens (including phenoxy) is 1. The molecule has 2 N–H and O–H groups in total. The molecule has 1 aromatic carbocycles. The number of para-hydroxylation sites is 1. The summed E-state index contributed by atoms with van der Waals surface area (Å²) in [5.41, 5.74) is 6.60. The Morgan fingerprint density at radius 3 is 2.71 bits per heavy atom. The molecule has 0 fully saturated rings. The Labute approximate surface area is 102 Å². The monoisotopic (exact) mass is 236 g/mol. The fourth-order valence-electron chi connectivity index (χ4n) is 1.61. The van der Waals surface area contributed by atoms with Crippen LogP contribution in [-0.2, 0) is 11.3 Å². The quantitative estimate of drug-likeness (QED) is 0.840. The average Bonchev–Trinajstić information content (AvgIpc) is 2.28. The number of hydrogen-bond donors (Lipinski definition) is 1. The molecule has 0 radical (unpaired) electrons. The predicted octanol–water partition coefficient (Wildman–Crippen LogP) is 1.39. The van der Waals surface area contributed by atoms with Crippen molar-refractivity contribution in [3.05, 3.63) is 29.8 Å². The molecule has 0 heterocycles. The summed E-state index contributed by atoms with van der Waals surface area (Å²) in [5, 5.41) is 0. The Morgan fingerprint density at radius 1 is 1.47 bits per heavy atom. The van der Waals surface area contributed by atoms with Gasteiger partial charge in [0.05, 0.1) is 7.11 Å². The fraction of sp³-hybridized carbons (Fsp3) is 0.462. The van der Waals surface area contributed by atoms with Crippen molar-refractivity contribution in [2.75, 3.05) is 14.2 Å². The number of rotatable bonds is 5. The number of benzene rings is 1. The molecule has 0 saturated heterocycles. The van der Waals surface area contributed by atoms with E-state index < -0.39 is 0 Å². The van der Waals surface area contributed by atoms with Crippen LogP contribution in [0.1, 0.15) is 18.9 Å². The summed E-state index contributed by atoms with van der Waals surface area (Å²) >= 11 is 0. The van der Waals surface area contributed by atoms with Crippen molar-refractivity contribution in [3.8, 4) is 5.75 Å². The minimum atomic E-state index is -0.109. The van der Waals surface area contributed by atoms with Gasteiger partial charge in [0.15, 0.2) is 0 Å². The molecular weight excluding hydrogens is 216 g/mol. The van der Waals surface area contributed by atoms with Gasteiger partial charge < -0.3 is 15.4 Å². The molecule has 1 rings (SSSR count). The Morgan fingerprint density at radius 2 is 2.12 bits per heavy atom. The number of carbonyl (C=O) groups is 1. The summed E-state index contributed by atoms with van der Waals surface area (Å²) in [6.45, 7) is 2.37. The molecule has 1 atom stereocenters. The zero-order valence-electron chi connectivity index (χ0n) is 10.6. The Bertz CT molecular complexity index is 377. The summed E-state index contributed by atoms with van der Waals surface area (Å²) in [6, 6.07) is 7.57. The Kier molecular flexibility index (Phi) is 4.97. The third-order valence-corrected chi connectivity index (χ3v) is 2.52. The fourth-order valence-corrected chi connectivity index (χ4v) is 1.61. The molecule has 0 aliphatic rings. The lowest BCUT2D eigenvalue weighted by atomic mass is 10.1. The molecule has 4 nitrogen and oxygen atoms in total. The zero-order chi connectivity index (χ0) is 12.8.